The number of rotatable bonds is 4. The number of pyridine rings is 1. The van der Waals surface area contributed by atoms with E-state index in [-0.39, 0.29) is 0 Å². The van der Waals surface area contributed by atoms with Crippen molar-refractivity contribution in [1.82, 2.24) is 4.98 Å². The summed E-state index contributed by atoms with van der Waals surface area (Å²) in [7, 11) is 0. The average Bonchev–Trinajstić information content (AvgIpc) is 2.38. The highest BCUT2D eigenvalue weighted by molar-refractivity contribution is 5.27. The van der Waals surface area contributed by atoms with Crippen molar-refractivity contribution in [2.45, 2.75) is 20.0 Å². The molecule has 0 aliphatic carbocycles. The molecule has 0 saturated carbocycles. The minimum Gasteiger partial charge on any atom is -0.487 e. The van der Waals surface area contributed by atoms with Crippen molar-refractivity contribution in [3.05, 3.63) is 59.9 Å². The van der Waals surface area contributed by atoms with Gasteiger partial charge in [0.2, 0.25) is 0 Å². The molecule has 0 saturated heterocycles. The summed E-state index contributed by atoms with van der Waals surface area (Å²) in [5, 5.41) is 0. The molecule has 2 rings (SSSR count). The number of benzene rings is 1. The van der Waals surface area contributed by atoms with Gasteiger partial charge in [0.25, 0.3) is 0 Å². The quantitative estimate of drug-likeness (QED) is 0.778. The lowest BCUT2D eigenvalue weighted by Gasteiger charge is -2.05. The average molecular weight is 213 g/mol. The van der Waals surface area contributed by atoms with Gasteiger partial charge in [-0.15, -0.1) is 0 Å². The van der Waals surface area contributed by atoms with Crippen molar-refractivity contribution in [3.63, 3.8) is 0 Å². The zero-order valence-corrected chi connectivity index (χ0v) is 9.39. The van der Waals surface area contributed by atoms with Crippen LogP contribution in [0.1, 0.15) is 18.2 Å². The lowest BCUT2D eigenvalue weighted by molar-refractivity contribution is 0.301. The van der Waals surface area contributed by atoms with Gasteiger partial charge in [0.05, 0.1) is 5.69 Å². The maximum atomic E-state index is 5.63. The highest BCUT2D eigenvalue weighted by atomic mass is 16.5. The molecule has 2 aromatic rings. The molecule has 0 bridgehead atoms. The Morgan fingerprint density at radius 2 is 1.88 bits per heavy atom. The van der Waals surface area contributed by atoms with Crippen molar-refractivity contribution >= 4 is 0 Å². The van der Waals surface area contributed by atoms with Crippen LogP contribution in [-0.2, 0) is 13.0 Å². The molecule has 2 heteroatoms. The van der Waals surface area contributed by atoms with Crippen LogP contribution in [-0.4, -0.2) is 4.98 Å². The van der Waals surface area contributed by atoms with Crippen LogP contribution in [0.15, 0.2) is 48.7 Å². The Morgan fingerprint density at radius 1 is 1.06 bits per heavy atom. The number of hydrogen-bond acceptors (Lipinski definition) is 2. The number of ether oxygens (including phenoxy) is 1. The first-order chi connectivity index (χ1) is 7.88. The SMILES string of the molecule is CCc1ccc(OCc2ccccn2)cc1. The van der Waals surface area contributed by atoms with Crippen LogP contribution in [0, 0.1) is 0 Å². The number of aromatic nitrogens is 1. The third-order valence-corrected chi connectivity index (χ3v) is 2.44. The second-order valence-corrected chi connectivity index (χ2v) is 3.61. The zero-order valence-electron chi connectivity index (χ0n) is 9.39. The van der Waals surface area contributed by atoms with Crippen molar-refractivity contribution < 1.29 is 4.74 Å². The van der Waals surface area contributed by atoms with Gasteiger partial charge in [0, 0.05) is 6.20 Å². The minimum absolute atomic E-state index is 0.520. The maximum absolute atomic E-state index is 5.63. The summed E-state index contributed by atoms with van der Waals surface area (Å²) in [5.74, 6) is 0.892. The van der Waals surface area contributed by atoms with E-state index in [4.69, 9.17) is 4.74 Å². The predicted molar refractivity (Wildman–Crippen MR) is 64.4 cm³/mol. The molecule has 16 heavy (non-hydrogen) atoms. The van der Waals surface area contributed by atoms with E-state index in [1.165, 1.54) is 5.56 Å². The Kier molecular flexibility index (Phi) is 3.54. The van der Waals surface area contributed by atoms with Crippen LogP contribution in [0.3, 0.4) is 0 Å². The van der Waals surface area contributed by atoms with E-state index in [9.17, 15) is 0 Å². The third-order valence-electron chi connectivity index (χ3n) is 2.44. The molecule has 0 N–H and O–H groups in total. The summed E-state index contributed by atoms with van der Waals surface area (Å²) in [6.07, 6.45) is 2.83. The van der Waals surface area contributed by atoms with Crippen LogP contribution in [0.5, 0.6) is 5.75 Å². The third kappa shape index (κ3) is 2.83. The van der Waals surface area contributed by atoms with E-state index in [1.54, 1.807) is 6.20 Å². The highest BCUT2D eigenvalue weighted by Gasteiger charge is 1.96. The second-order valence-electron chi connectivity index (χ2n) is 3.61. The van der Waals surface area contributed by atoms with E-state index >= 15 is 0 Å². The van der Waals surface area contributed by atoms with Gasteiger partial charge in [-0.1, -0.05) is 25.1 Å². The summed E-state index contributed by atoms with van der Waals surface area (Å²) in [4.78, 5) is 4.20. The lowest BCUT2D eigenvalue weighted by Crippen LogP contribution is -1.97. The summed E-state index contributed by atoms with van der Waals surface area (Å²) in [6.45, 7) is 2.66. The number of aryl methyl sites for hydroxylation is 1. The Bertz CT molecular complexity index is 422. The Morgan fingerprint density at radius 3 is 2.50 bits per heavy atom. The van der Waals surface area contributed by atoms with Gasteiger partial charge in [0.15, 0.2) is 0 Å². The van der Waals surface area contributed by atoms with E-state index in [0.717, 1.165) is 17.9 Å². The van der Waals surface area contributed by atoms with Crippen molar-refractivity contribution in [2.24, 2.45) is 0 Å². The summed E-state index contributed by atoms with van der Waals surface area (Å²) < 4.78 is 5.63. The molecule has 1 aromatic heterocycles. The fourth-order valence-corrected chi connectivity index (χ4v) is 1.46. The van der Waals surface area contributed by atoms with Crippen LogP contribution in [0.2, 0.25) is 0 Å². The van der Waals surface area contributed by atoms with Crippen LogP contribution in [0.4, 0.5) is 0 Å². The normalized spacial score (nSPS) is 10.1. The van der Waals surface area contributed by atoms with Gasteiger partial charge < -0.3 is 4.74 Å². The van der Waals surface area contributed by atoms with Gasteiger partial charge in [-0.2, -0.15) is 0 Å². The molecule has 0 amide bonds. The minimum atomic E-state index is 0.520. The van der Waals surface area contributed by atoms with Crippen molar-refractivity contribution in [3.8, 4) is 5.75 Å². The van der Waals surface area contributed by atoms with Gasteiger partial charge in [-0.3, -0.25) is 4.98 Å². The molecule has 0 radical (unpaired) electrons. The van der Waals surface area contributed by atoms with Gasteiger partial charge >= 0.3 is 0 Å². The molecule has 2 nitrogen and oxygen atoms in total. The Balaban J connectivity index is 1.94. The van der Waals surface area contributed by atoms with E-state index in [1.807, 2.05) is 30.3 Å². The van der Waals surface area contributed by atoms with Gasteiger partial charge in [-0.05, 0) is 36.2 Å². The zero-order chi connectivity index (χ0) is 11.2. The summed E-state index contributed by atoms with van der Waals surface area (Å²) in [5.41, 5.74) is 2.27. The molecule has 1 heterocycles. The molecular formula is C14H15NO. The van der Waals surface area contributed by atoms with E-state index < -0.39 is 0 Å². The molecule has 82 valence electrons. The van der Waals surface area contributed by atoms with Crippen molar-refractivity contribution in [2.75, 3.05) is 0 Å². The lowest BCUT2D eigenvalue weighted by atomic mass is 10.2. The van der Waals surface area contributed by atoms with Crippen LogP contribution in [0.25, 0.3) is 0 Å². The molecule has 0 atom stereocenters. The second kappa shape index (κ2) is 5.31. The smallest absolute Gasteiger partial charge is 0.130 e. The largest absolute Gasteiger partial charge is 0.487 e. The predicted octanol–water partition coefficient (Wildman–Crippen LogP) is 3.22. The van der Waals surface area contributed by atoms with Gasteiger partial charge in [0.1, 0.15) is 12.4 Å². The Labute approximate surface area is 95.9 Å². The molecule has 0 aliphatic rings. The fourth-order valence-electron chi connectivity index (χ4n) is 1.46. The molecule has 0 unspecified atom stereocenters. The first kappa shape index (κ1) is 10.7. The topological polar surface area (TPSA) is 22.1 Å². The Hall–Kier alpha value is -1.83. The standard InChI is InChI=1S/C14H15NO/c1-2-12-6-8-14(9-7-12)16-11-13-5-3-4-10-15-13/h3-10H,2,11H2,1H3. The maximum Gasteiger partial charge on any atom is 0.130 e. The number of hydrogen-bond donors (Lipinski definition) is 0. The van der Waals surface area contributed by atoms with Crippen LogP contribution < -0.4 is 4.74 Å². The highest BCUT2D eigenvalue weighted by Crippen LogP contribution is 2.13. The summed E-state index contributed by atoms with van der Waals surface area (Å²) in [6, 6.07) is 14.0. The number of nitrogens with zero attached hydrogens (tertiary/aromatic N) is 1. The van der Waals surface area contributed by atoms with Crippen molar-refractivity contribution in [1.29, 1.82) is 0 Å². The summed E-state index contributed by atoms with van der Waals surface area (Å²) >= 11 is 0. The monoisotopic (exact) mass is 213 g/mol. The van der Waals surface area contributed by atoms with E-state index in [0.29, 0.717) is 6.61 Å². The first-order valence-electron chi connectivity index (χ1n) is 5.50. The first-order valence-corrected chi connectivity index (χ1v) is 5.50. The van der Waals surface area contributed by atoms with Gasteiger partial charge in [-0.25, -0.2) is 0 Å². The van der Waals surface area contributed by atoms with E-state index in [2.05, 4.69) is 24.0 Å². The molecule has 0 aliphatic heterocycles. The molecule has 1 aromatic carbocycles. The molecule has 0 fully saturated rings. The molecule has 0 spiro atoms. The van der Waals surface area contributed by atoms with Crippen LogP contribution >= 0.6 is 0 Å². The molecular weight excluding hydrogens is 198 g/mol. The fraction of sp³-hybridized carbons (Fsp3) is 0.214.